The first-order valence-corrected chi connectivity index (χ1v) is 8.98. The minimum Gasteiger partial charge on any atom is -0.466 e. The van der Waals surface area contributed by atoms with E-state index >= 15 is 0 Å². The SMILES string of the molecule is COC(=O)C1=C(C)NC(C)=C(C(=O)OC)C1c1ccccc1OC(F)(F)C(F)C(F)(F)F. The number of ether oxygens (including phenoxy) is 3. The number of halogens is 6. The number of alkyl halides is 6. The largest absolute Gasteiger partial charge is 0.466 e. The van der Waals surface area contributed by atoms with Gasteiger partial charge in [0.25, 0.3) is 6.17 Å². The fourth-order valence-electron chi connectivity index (χ4n) is 3.27. The Balaban J connectivity index is 2.71. The molecule has 1 aromatic rings. The van der Waals surface area contributed by atoms with Gasteiger partial charge in [-0.2, -0.15) is 22.0 Å². The van der Waals surface area contributed by atoms with E-state index < -0.39 is 42.1 Å². The van der Waals surface area contributed by atoms with Crippen LogP contribution in [0.3, 0.4) is 0 Å². The molecule has 1 aliphatic heterocycles. The van der Waals surface area contributed by atoms with Crippen LogP contribution in [0, 0.1) is 0 Å². The molecule has 0 saturated heterocycles. The second kappa shape index (κ2) is 9.13. The Morgan fingerprint density at radius 3 is 1.84 bits per heavy atom. The van der Waals surface area contributed by atoms with Gasteiger partial charge in [0.2, 0.25) is 0 Å². The van der Waals surface area contributed by atoms with Crippen molar-refractivity contribution in [3.05, 3.63) is 52.4 Å². The predicted molar refractivity (Wildman–Crippen MR) is 98.3 cm³/mol. The maximum Gasteiger partial charge on any atom is 0.439 e. The van der Waals surface area contributed by atoms with Gasteiger partial charge in [-0.3, -0.25) is 0 Å². The average molecular weight is 467 g/mol. The Bertz CT molecular complexity index is 931. The Hall–Kier alpha value is -3.18. The summed E-state index contributed by atoms with van der Waals surface area (Å²) in [4.78, 5) is 24.9. The molecular weight excluding hydrogens is 448 g/mol. The molecule has 1 aliphatic rings. The first-order chi connectivity index (χ1) is 14.8. The number of benzene rings is 1. The highest BCUT2D eigenvalue weighted by atomic mass is 19.4. The van der Waals surface area contributed by atoms with Crippen molar-refractivity contribution in [2.24, 2.45) is 0 Å². The predicted octanol–water partition coefficient (Wildman–Crippen LogP) is 4.14. The molecule has 12 heteroatoms. The zero-order valence-corrected chi connectivity index (χ0v) is 17.3. The normalized spacial score (nSPS) is 16.4. The third-order valence-electron chi connectivity index (χ3n) is 4.63. The molecule has 6 nitrogen and oxygen atoms in total. The standard InChI is InChI=1S/C20H19F6NO5/c1-9-13(16(28)30-3)15(14(10(2)27-9)17(29)31-4)11-7-5-6-8-12(11)32-20(25,26)18(21)19(22,23)24/h5-8,15,18,27H,1-4H3. The molecule has 0 spiro atoms. The van der Waals surface area contributed by atoms with Crippen LogP contribution in [0.1, 0.15) is 25.3 Å². The number of esters is 2. The number of dihydropyridines is 1. The fraction of sp³-hybridized carbons (Fsp3) is 0.400. The van der Waals surface area contributed by atoms with Crippen LogP contribution < -0.4 is 10.1 Å². The molecule has 0 aliphatic carbocycles. The molecule has 2 rings (SSSR count). The molecule has 0 bridgehead atoms. The van der Waals surface area contributed by atoms with Crippen LogP contribution in [0.2, 0.25) is 0 Å². The minimum atomic E-state index is -5.89. The van der Waals surface area contributed by atoms with E-state index in [2.05, 4.69) is 10.1 Å². The molecular formula is C20H19F6NO5. The second-order valence-electron chi connectivity index (χ2n) is 6.72. The third kappa shape index (κ3) is 4.83. The summed E-state index contributed by atoms with van der Waals surface area (Å²) in [5, 5.41) is 2.78. The van der Waals surface area contributed by atoms with Crippen molar-refractivity contribution in [2.45, 2.75) is 38.2 Å². The molecule has 0 saturated carbocycles. The molecule has 0 radical (unpaired) electrons. The van der Waals surface area contributed by atoms with E-state index in [1.807, 2.05) is 0 Å². The smallest absolute Gasteiger partial charge is 0.439 e. The van der Waals surface area contributed by atoms with Gasteiger partial charge in [-0.15, -0.1) is 0 Å². The highest BCUT2D eigenvalue weighted by molar-refractivity contribution is 6.00. The van der Waals surface area contributed by atoms with E-state index in [1.165, 1.54) is 19.9 Å². The topological polar surface area (TPSA) is 73.9 Å². The van der Waals surface area contributed by atoms with Gasteiger partial charge in [0.15, 0.2) is 0 Å². The summed E-state index contributed by atoms with van der Waals surface area (Å²) < 4.78 is 92.7. The molecule has 1 unspecified atom stereocenters. The third-order valence-corrected chi connectivity index (χ3v) is 4.63. The summed E-state index contributed by atoms with van der Waals surface area (Å²) >= 11 is 0. The number of hydrogen-bond acceptors (Lipinski definition) is 6. The van der Waals surface area contributed by atoms with Crippen molar-refractivity contribution in [3.8, 4) is 5.75 Å². The van der Waals surface area contributed by atoms with Gasteiger partial charge in [-0.25, -0.2) is 14.0 Å². The number of allylic oxidation sites excluding steroid dienone is 2. The Labute approximate surface area is 178 Å². The van der Waals surface area contributed by atoms with E-state index in [1.54, 1.807) is 0 Å². The molecule has 1 N–H and O–H groups in total. The van der Waals surface area contributed by atoms with Gasteiger partial charge in [-0.1, -0.05) is 18.2 Å². The quantitative estimate of drug-likeness (QED) is 0.501. The van der Waals surface area contributed by atoms with Gasteiger partial charge in [0, 0.05) is 17.0 Å². The Kier molecular flexibility index (Phi) is 7.16. The van der Waals surface area contributed by atoms with Crippen LogP contribution in [-0.2, 0) is 19.1 Å². The maximum absolute atomic E-state index is 14.0. The Morgan fingerprint density at radius 1 is 0.938 bits per heavy atom. The number of hydrogen-bond donors (Lipinski definition) is 1. The van der Waals surface area contributed by atoms with Crippen molar-refractivity contribution in [3.63, 3.8) is 0 Å². The highest BCUT2D eigenvalue weighted by Gasteiger charge is 2.59. The number of para-hydroxylation sites is 1. The van der Waals surface area contributed by atoms with Crippen molar-refractivity contribution < 1.29 is 50.1 Å². The lowest BCUT2D eigenvalue weighted by Crippen LogP contribution is -2.46. The maximum atomic E-state index is 14.0. The summed E-state index contributed by atoms with van der Waals surface area (Å²) in [5.74, 6) is -4.20. The molecule has 176 valence electrons. The summed E-state index contributed by atoms with van der Waals surface area (Å²) in [6, 6.07) is 4.48. The first-order valence-electron chi connectivity index (χ1n) is 8.98. The number of methoxy groups -OCH3 is 2. The Morgan fingerprint density at radius 2 is 1.41 bits per heavy atom. The van der Waals surface area contributed by atoms with Crippen LogP contribution in [0.15, 0.2) is 46.8 Å². The second-order valence-corrected chi connectivity index (χ2v) is 6.72. The van der Waals surface area contributed by atoms with Crippen LogP contribution in [0.5, 0.6) is 5.75 Å². The number of rotatable bonds is 6. The van der Waals surface area contributed by atoms with Crippen molar-refractivity contribution in [2.75, 3.05) is 14.2 Å². The van der Waals surface area contributed by atoms with Crippen LogP contribution in [-0.4, -0.2) is 44.6 Å². The van der Waals surface area contributed by atoms with Crippen LogP contribution in [0.4, 0.5) is 26.3 Å². The van der Waals surface area contributed by atoms with Gasteiger partial charge in [-0.05, 0) is 19.9 Å². The van der Waals surface area contributed by atoms with E-state index in [0.717, 1.165) is 32.4 Å². The fourth-order valence-corrected chi connectivity index (χ4v) is 3.27. The lowest BCUT2D eigenvalue weighted by atomic mass is 9.80. The molecule has 1 atom stereocenters. The summed E-state index contributed by atoms with van der Waals surface area (Å²) in [6.07, 6.45) is -15.8. The van der Waals surface area contributed by atoms with Crippen LogP contribution >= 0.6 is 0 Å². The zero-order chi connectivity index (χ0) is 24.4. The summed E-state index contributed by atoms with van der Waals surface area (Å²) in [5.41, 5.74) is -0.335. The van der Waals surface area contributed by atoms with Crippen molar-refractivity contribution >= 4 is 11.9 Å². The van der Waals surface area contributed by atoms with E-state index in [0.29, 0.717) is 0 Å². The van der Waals surface area contributed by atoms with Crippen molar-refractivity contribution in [1.82, 2.24) is 5.32 Å². The monoisotopic (exact) mass is 467 g/mol. The highest BCUT2D eigenvalue weighted by Crippen LogP contribution is 2.45. The number of carbonyl (C=O) groups excluding carboxylic acids is 2. The van der Waals surface area contributed by atoms with Gasteiger partial charge in [0.1, 0.15) is 5.75 Å². The molecule has 0 aromatic heterocycles. The van der Waals surface area contributed by atoms with E-state index in [9.17, 15) is 35.9 Å². The molecule has 0 amide bonds. The number of carbonyl (C=O) groups is 2. The molecule has 1 heterocycles. The average Bonchev–Trinajstić information content (AvgIpc) is 2.71. The molecule has 1 aromatic carbocycles. The summed E-state index contributed by atoms with van der Waals surface area (Å²) in [6.45, 7) is 2.88. The van der Waals surface area contributed by atoms with Gasteiger partial charge in [0.05, 0.1) is 31.3 Å². The first kappa shape index (κ1) is 25.1. The molecule has 32 heavy (non-hydrogen) atoms. The van der Waals surface area contributed by atoms with E-state index in [-0.39, 0.29) is 28.1 Å². The van der Waals surface area contributed by atoms with E-state index in [4.69, 9.17) is 9.47 Å². The van der Waals surface area contributed by atoms with Crippen LogP contribution in [0.25, 0.3) is 0 Å². The van der Waals surface area contributed by atoms with Crippen molar-refractivity contribution in [1.29, 1.82) is 0 Å². The van der Waals surface area contributed by atoms with Gasteiger partial charge < -0.3 is 19.5 Å². The lowest BCUT2D eigenvalue weighted by Gasteiger charge is -2.31. The number of nitrogens with one attached hydrogen (secondary N) is 1. The lowest BCUT2D eigenvalue weighted by molar-refractivity contribution is -0.305. The van der Waals surface area contributed by atoms with Gasteiger partial charge >= 0.3 is 24.2 Å². The summed E-state index contributed by atoms with van der Waals surface area (Å²) in [7, 11) is 2.08. The minimum absolute atomic E-state index is 0.187. The zero-order valence-electron chi connectivity index (χ0n) is 17.3. The molecule has 0 fully saturated rings.